The van der Waals surface area contributed by atoms with E-state index in [-0.39, 0.29) is 12.2 Å². The second-order valence-corrected chi connectivity index (χ2v) is 4.02. The fraction of sp³-hybridized carbons (Fsp3) is 0.750. The first-order valence-electron chi connectivity index (χ1n) is 5.97. The number of aldehydes is 1. The number of esters is 2. The molecule has 0 aliphatic heterocycles. The molecule has 0 amide bonds. The van der Waals surface area contributed by atoms with Crippen LogP contribution < -0.4 is 5.32 Å². The van der Waals surface area contributed by atoms with Crippen molar-refractivity contribution in [3.05, 3.63) is 0 Å². The second kappa shape index (κ2) is 13.4. The van der Waals surface area contributed by atoms with Gasteiger partial charge in [-0.15, -0.1) is 0 Å². The van der Waals surface area contributed by atoms with Crippen molar-refractivity contribution in [3.8, 4) is 0 Å². The van der Waals surface area contributed by atoms with Gasteiger partial charge >= 0.3 is 11.9 Å². The zero-order chi connectivity index (χ0) is 15.3. The summed E-state index contributed by atoms with van der Waals surface area (Å²) in [6.45, 7) is 4.25. The predicted molar refractivity (Wildman–Crippen MR) is 75.2 cm³/mol. The number of methoxy groups -OCH3 is 2. The van der Waals surface area contributed by atoms with Gasteiger partial charge in [0.1, 0.15) is 12.3 Å². The molecule has 2 atom stereocenters. The minimum Gasteiger partial charge on any atom is -0.469 e. The number of hydrogen-bond donors (Lipinski definition) is 2. The summed E-state index contributed by atoms with van der Waals surface area (Å²) in [5, 5.41) is 2.65. The fourth-order valence-corrected chi connectivity index (χ4v) is 1.19. The molecule has 0 saturated carbocycles. The number of carbonyl (C=O) groups is 3. The van der Waals surface area contributed by atoms with E-state index in [2.05, 4.69) is 41.3 Å². The Kier molecular flexibility index (Phi) is 14.2. The van der Waals surface area contributed by atoms with Gasteiger partial charge in [0.15, 0.2) is 0 Å². The van der Waals surface area contributed by atoms with Crippen molar-refractivity contribution < 1.29 is 23.9 Å². The highest BCUT2D eigenvalue weighted by atomic mass is 32.1. The lowest BCUT2D eigenvalue weighted by molar-refractivity contribution is -0.149. The third-order valence-corrected chi connectivity index (χ3v) is 2.25. The number of ether oxygens (including phenoxy) is 2. The van der Waals surface area contributed by atoms with Crippen LogP contribution in [0.4, 0.5) is 0 Å². The van der Waals surface area contributed by atoms with E-state index in [1.54, 1.807) is 0 Å². The lowest BCUT2D eigenvalue weighted by Gasteiger charge is -2.18. The number of hydrogen-bond acceptors (Lipinski definition) is 7. The maximum absolute atomic E-state index is 11.3. The molecule has 0 aromatic rings. The van der Waals surface area contributed by atoms with Crippen LogP contribution in [0.15, 0.2) is 0 Å². The molecule has 0 radical (unpaired) electrons. The zero-order valence-electron chi connectivity index (χ0n) is 11.8. The number of thiol groups is 1. The molecule has 0 aliphatic carbocycles. The van der Waals surface area contributed by atoms with Crippen LogP contribution >= 0.6 is 12.6 Å². The van der Waals surface area contributed by atoms with Gasteiger partial charge in [0.2, 0.25) is 0 Å². The first-order valence-corrected chi connectivity index (χ1v) is 6.60. The standard InChI is InChI=1S/C9H15NO5S.C3H8/c1-14-8(12)3-7(9(13)15-2)10-6(4-11)5-16;1-3-2/h4,6-7,10,16H,3,5H2,1-2H3;3H2,1-2H3. The first-order chi connectivity index (χ1) is 9.00. The monoisotopic (exact) mass is 293 g/mol. The third-order valence-electron chi connectivity index (χ3n) is 1.86. The van der Waals surface area contributed by atoms with Crippen molar-refractivity contribution in [3.63, 3.8) is 0 Å². The first kappa shape index (κ1) is 20.2. The molecule has 0 aromatic carbocycles. The van der Waals surface area contributed by atoms with Crippen molar-refractivity contribution in [1.29, 1.82) is 0 Å². The largest absolute Gasteiger partial charge is 0.469 e. The van der Waals surface area contributed by atoms with Crippen LogP contribution in [0.2, 0.25) is 0 Å². The van der Waals surface area contributed by atoms with Crippen molar-refractivity contribution in [1.82, 2.24) is 5.32 Å². The molecule has 0 rings (SSSR count). The topological polar surface area (TPSA) is 81.7 Å². The van der Waals surface area contributed by atoms with Gasteiger partial charge < -0.3 is 14.3 Å². The highest BCUT2D eigenvalue weighted by molar-refractivity contribution is 7.80. The molecule has 0 spiro atoms. The van der Waals surface area contributed by atoms with Gasteiger partial charge in [-0.25, -0.2) is 0 Å². The van der Waals surface area contributed by atoms with E-state index in [1.165, 1.54) is 20.6 Å². The van der Waals surface area contributed by atoms with E-state index in [1.807, 2.05) is 0 Å². The maximum Gasteiger partial charge on any atom is 0.323 e. The Bertz CT molecular complexity index is 273. The molecule has 0 fully saturated rings. The van der Waals surface area contributed by atoms with Crippen molar-refractivity contribution in [2.75, 3.05) is 20.0 Å². The molecule has 112 valence electrons. The van der Waals surface area contributed by atoms with Crippen LogP contribution in [-0.4, -0.2) is 50.3 Å². The van der Waals surface area contributed by atoms with Crippen molar-refractivity contribution in [2.45, 2.75) is 38.8 Å². The summed E-state index contributed by atoms with van der Waals surface area (Å²) in [4.78, 5) is 32.9. The van der Waals surface area contributed by atoms with Crippen LogP contribution in [-0.2, 0) is 23.9 Å². The molecule has 2 unspecified atom stereocenters. The summed E-state index contributed by atoms with van der Waals surface area (Å²) in [6, 6.07) is -1.52. The van der Waals surface area contributed by atoms with E-state index in [0.717, 1.165) is 0 Å². The van der Waals surface area contributed by atoms with E-state index in [4.69, 9.17) is 0 Å². The quantitative estimate of drug-likeness (QED) is 0.406. The Hall–Kier alpha value is -1.08. The molecule has 6 nitrogen and oxygen atoms in total. The molecule has 0 aliphatic rings. The zero-order valence-corrected chi connectivity index (χ0v) is 12.7. The summed E-state index contributed by atoms with van der Waals surface area (Å²) in [7, 11) is 2.41. The third kappa shape index (κ3) is 10.5. The molecule has 7 heteroatoms. The Morgan fingerprint density at radius 2 is 1.79 bits per heavy atom. The molecule has 19 heavy (non-hydrogen) atoms. The highest BCUT2D eigenvalue weighted by Gasteiger charge is 2.25. The number of nitrogens with one attached hydrogen (secondary N) is 1. The average molecular weight is 293 g/mol. The predicted octanol–water partition coefficient (Wildman–Crippen LogP) is 0.594. The van der Waals surface area contributed by atoms with Crippen LogP contribution in [0.1, 0.15) is 26.7 Å². The van der Waals surface area contributed by atoms with Crippen LogP contribution in [0.25, 0.3) is 0 Å². The van der Waals surface area contributed by atoms with Gasteiger partial charge in [-0.05, 0) is 0 Å². The number of carbonyl (C=O) groups excluding carboxylic acids is 3. The summed E-state index contributed by atoms with van der Waals surface area (Å²) < 4.78 is 8.93. The second-order valence-electron chi connectivity index (χ2n) is 3.65. The minimum absolute atomic E-state index is 0.193. The summed E-state index contributed by atoms with van der Waals surface area (Å²) in [5.74, 6) is -0.969. The van der Waals surface area contributed by atoms with Gasteiger partial charge in [-0.3, -0.25) is 14.9 Å². The van der Waals surface area contributed by atoms with E-state index < -0.39 is 24.0 Å². The molecule has 0 bridgehead atoms. The lowest BCUT2D eigenvalue weighted by Crippen LogP contribution is -2.46. The minimum atomic E-state index is -0.903. The van der Waals surface area contributed by atoms with Gasteiger partial charge in [-0.1, -0.05) is 20.3 Å². The van der Waals surface area contributed by atoms with E-state index in [9.17, 15) is 14.4 Å². The highest BCUT2D eigenvalue weighted by Crippen LogP contribution is 1.99. The Morgan fingerprint density at radius 1 is 1.26 bits per heavy atom. The summed E-state index contributed by atoms with van der Waals surface area (Å²) in [5.41, 5.74) is 0. The molecular weight excluding hydrogens is 270 g/mol. The van der Waals surface area contributed by atoms with Gasteiger partial charge in [0.05, 0.1) is 26.7 Å². The van der Waals surface area contributed by atoms with E-state index in [0.29, 0.717) is 6.29 Å². The van der Waals surface area contributed by atoms with Gasteiger partial charge in [0, 0.05) is 5.75 Å². The molecule has 0 aromatic heterocycles. The fourth-order valence-electron chi connectivity index (χ4n) is 0.996. The Labute approximate surface area is 119 Å². The molecule has 0 heterocycles. The number of rotatable bonds is 7. The van der Waals surface area contributed by atoms with Crippen LogP contribution in [0.3, 0.4) is 0 Å². The summed E-state index contributed by atoms with van der Waals surface area (Å²) >= 11 is 3.92. The van der Waals surface area contributed by atoms with Gasteiger partial charge in [0.25, 0.3) is 0 Å². The van der Waals surface area contributed by atoms with Crippen molar-refractivity contribution >= 4 is 30.9 Å². The van der Waals surface area contributed by atoms with E-state index >= 15 is 0 Å². The average Bonchev–Trinajstić information content (AvgIpc) is 2.42. The molecule has 0 saturated heterocycles. The molecule has 1 N–H and O–H groups in total. The smallest absolute Gasteiger partial charge is 0.323 e. The summed E-state index contributed by atoms with van der Waals surface area (Å²) in [6.07, 6.45) is 1.67. The normalized spacial score (nSPS) is 12.5. The SMILES string of the molecule is CCC.COC(=O)CC(NC(C=O)CS)C(=O)OC. The van der Waals surface area contributed by atoms with Crippen LogP contribution in [0.5, 0.6) is 0 Å². The van der Waals surface area contributed by atoms with Crippen LogP contribution in [0, 0.1) is 0 Å². The van der Waals surface area contributed by atoms with Gasteiger partial charge in [-0.2, -0.15) is 12.6 Å². The Balaban J connectivity index is 0. The van der Waals surface area contributed by atoms with Crippen molar-refractivity contribution in [2.24, 2.45) is 0 Å². The maximum atomic E-state index is 11.3. The Morgan fingerprint density at radius 3 is 2.11 bits per heavy atom. The lowest BCUT2D eigenvalue weighted by atomic mass is 10.2. The molecular formula is C12H23NO5S.